The minimum atomic E-state index is -0.407. The molecule has 1 N–H and O–H groups in total. The van der Waals surface area contributed by atoms with Gasteiger partial charge in [0.25, 0.3) is 5.91 Å². The van der Waals surface area contributed by atoms with Gasteiger partial charge in [-0.25, -0.2) is 0 Å². The molecule has 26 heavy (non-hydrogen) atoms. The maximum Gasteiger partial charge on any atom is 0.316 e. The summed E-state index contributed by atoms with van der Waals surface area (Å²) in [7, 11) is 0. The molecule has 1 atom stereocenters. The molecule has 1 aliphatic heterocycles. The second-order valence-electron chi connectivity index (χ2n) is 6.62. The number of hydrogen-bond acceptors (Lipinski definition) is 5. The maximum absolute atomic E-state index is 12.1. The minimum absolute atomic E-state index is 0.00303. The number of thioether (sulfide) groups is 1. The fourth-order valence-corrected chi connectivity index (χ4v) is 4.49. The molecule has 1 aromatic carbocycles. The number of carbonyl (C=O) groups is 2. The highest BCUT2D eigenvalue weighted by Crippen LogP contribution is 2.29. The predicted octanol–water partition coefficient (Wildman–Crippen LogP) is 2.84. The number of benzene rings is 1. The average Bonchev–Trinajstić information content (AvgIpc) is 3.19. The first kappa shape index (κ1) is 19.2. The van der Waals surface area contributed by atoms with Gasteiger partial charge in [0.2, 0.25) is 0 Å². The van der Waals surface area contributed by atoms with Crippen LogP contribution in [0.15, 0.2) is 24.3 Å². The molecule has 0 radical (unpaired) electrons. The number of hydrogen-bond donors (Lipinski definition) is 1. The average molecular weight is 393 g/mol. The van der Waals surface area contributed by atoms with E-state index in [9.17, 15) is 9.59 Å². The van der Waals surface area contributed by atoms with E-state index in [1.807, 2.05) is 12.1 Å². The van der Waals surface area contributed by atoms with E-state index in [1.165, 1.54) is 22.9 Å². The van der Waals surface area contributed by atoms with Crippen LogP contribution in [0.2, 0.25) is 0 Å². The number of carbonyl (C=O) groups excluding carboxylic acids is 2. The van der Waals surface area contributed by atoms with Gasteiger partial charge in [-0.05, 0) is 43.2 Å². The van der Waals surface area contributed by atoms with Crippen LogP contribution >= 0.6 is 24.0 Å². The molecule has 1 aromatic rings. The van der Waals surface area contributed by atoms with Crippen molar-refractivity contribution in [2.75, 3.05) is 25.4 Å². The summed E-state index contributed by atoms with van der Waals surface area (Å²) in [5, 5.41) is 2.98. The first-order chi connectivity index (χ1) is 12.6. The summed E-state index contributed by atoms with van der Waals surface area (Å²) < 4.78 is 5.84. The highest BCUT2D eigenvalue weighted by atomic mass is 32.2. The Labute approximate surface area is 163 Å². The molecule has 0 bridgehead atoms. The van der Waals surface area contributed by atoms with Crippen LogP contribution in [0.3, 0.4) is 0 Å². The molecular formula is C19H24N2O3S2. The number of ether oxygens (including phenoxy) is 1. The lowest BCUT2D eigenvalue weighted by molar-refractivity contribution is -0.146. The summed E-state index contributed by atoms with van der Waals surface area (Å²) >= 11 is 6.63. The van der Waals surface area contributed by atoms with E-state index in [-0.39, 0.29) is 24.3 Å². The van der Waals surface area contributed by atoms with E-state index in [0.717, 1.165) is 49.5 Å². The van der Waals surface area contributed by atoms with Crippen LogP contribution in [-0.2, 0) is 20.7 Å². The Morgan fingerprint density at radius 2 is 2.00 bits per heavy atom. The molecule has 0 aromatic heterocycles. The van der Waals surface area contributed by atoms with Crippen LogP contribution in [0, 0.1) is 0 Å². The second-order valence-corrected chi connectivity index (χ2v) is 8.23. The van der Waals surface area contributed by atoms with E-state index >= 15 is 0 Å². The first-order valence-corrected chi connectivity index (χ1v) is 10.5. The number of likely N-dealkylation sites (tertiary alicyclic amines) is 1. The maximum atomic E-state index is 12.1. The minimum Gasteiger partial charge on any atom is -0.455 e. The lowest BCUT2D eigenvalue weighted by atomic mass is 9.88. The van der Waals surface area contributed by atoms with E-state index in [0.29, 0.717) is 0 Å². The SMILES string of the molecule is O=C(COC(=O)CSC(=S)N1CCCC1)N[C@@H]1CCCc2ccccc21. The Hall–Kier alpha value is -1.60. The Morgan fingerprint density at radius 3 is 2.81 bits per heavy atom. The standard InChI is InChI=1S/C19H24N2O3S2/c22-17(20-16-9-5-7-14-6-1-2-8-15(14)16)12-24-18(23)13-26-19(25)21-10-3-4-11-21/h1-2,6,8,16H,3-5,7,9-13H2,(H,20,22)/t16-/m1/s1. The molecule has 5 nitrogen and oxygen atoms in total. The van der Waals surface area contributed by atoms with Crippen molar-refractivity contribution < 1.29 is 14.3 Å². The van der Waals surface area contributed by atoms with Gasteiger partial charge in [0.1, 0.15) is 4.32 Å². The second kappa shape index (κ2) is 9.37. The van der Waals surface area contributed by atoms with Crippen molar-refractivity contribution in [3.8, 4) is 0 Å². The van der Waals surface area contributed by atoms with Gasteiger partial charge in [-0.15, -0.1) is 0 Å². The summed E-state index contributed by atoms with van der Waals surface area (Å²) in [4.78, 5) is 26.1. The molecule has 0 unspecified atom stereocenters. The molecule has 1 amide bonds. The molecule has 3 rings (SSSR count). The van der Waals surface area contributed by atoms with Crippen molar-refractivity contribution in [3.63, 3.8) is 0 Å². The number of nitrogens with one attached hydrogen (secondary N) is 1. The molecule has 1 heterocycles. The van der Waals surface area contributed by atoms with Crippen LogP contribution in [0.1, 0.15) is 42.9 Å². The van der Waals surface area contributed by atoms with E-state index in [1.54, 1.807) is 0 Å². The van der Waals surface area contributed by atoms with Crippen molar-refractivity contribution in [1.82, 2.24) is 10.2 Å². The molecule has 1 saturated heterocycles. The first-order valence-electron chi connectivity index (χ1n) is 9.08. The molecule has 1 aliphatic carbocycles. The Kier molecular flexibility index (Phi) is 6.91. The number of aryl methyl sites for hydroxylation is 1. The van der Waals surface area contributed by atoms with Crippen LogP contribution in [0.25, 0.3) is 0 Å². The lowest BCUT2D eigenvalue weighted by Crippen LogP contribution is -2.34. The largest absolute Gasteiger partial charge is 0.455 e. The van der Waals surface area contributed by atoms with Gasteiger partial charge in [0.15, 0.2) is 6.61 Å². The van der Waals surface area contributed by atoms with Gasteiger partial charge in [0, 0.05) is 13.1 Å². The topological polar surface area (TPSA) is 58.6 Å². The van der Waals surface area contributed by atoms with Gasteiger partial charge in [-0.1, -0.05) is 48.2 Å². The third kappa shape index (κ3) is 5.20. The Balaban J connectivity index is 1.39. The highest BCUT2D eigenvalue weighted by molar-refractivity contribution is 8.23. The van der Waals surface area contributed by atoms with Crippen LogP contribution in [0.4, 0.5) is 0 Å². The monoisotopic (exact) mass is 392 g/mol. The summed E-state index contributed by atoms with van der Waals surface area (Å²) in [5.74, 6) is -0.516. The van der Waals surface area contributed by atoms with Gasteiger partial charge in [0.05, 0.1) is 11.8 Å². The smallest absolute Gasteiger partial charge is 0.316 e. The van der Waals surface area contributed by atoms with Crippen molar-refractivity contribution in [2.24, 2.45) is 0 Å². The van der Waals surface area contributed by atoms with Crippen molar-refractivity contribution in [2.45, 2.75) is 38.1 Å². The fraction of sp³-hybridized carbons (Fsp3) is 0.526. The quantitative estimate of drug-likeness (QED) is 0.614. The summed E-state index contributed by atoms with van der Waals surface area (Å²) in [6.07, 6.45) is 5.31. The van der Waals surface area contributed by atoms with Crippen LogP contribution in [-0.4, -0.2) is 46.5 Å². The van der Waals surface area contributed by atoms with Crippen LogP contribution < -0.4 is 5.32 Å². The number of amides is 1. The zero-order valence-electron chi connectivity index (χ0n) is 14.7. The Morgan fingerprint density at radius 1 is 1.23 bits per heavy atom. The lowest BCUT2D eigenvalue weighted by Gasteiger charge is -2.26. The summed E-state index contributed by atoms with van der Waals surface area (Å²) in [5.41, 5.74) is 2.46. The molecule has 0 spiro atoms. The van der Waals surface area contributed by atoms with E-state index < -0.39 is 5.97 Å². The number of nitrogens with zero attached hydrogens (tertiary/aromatic N) is 1. The molecule has 2 aliphatic rings. The molecule has 7 heteroatoms. The molecular weight excluding hydrogens is 368 g/mol. The number of thiocarbonyl (C=S) groups is 1. The third-order valence-corrected chi connectivity index (χ3v) is 6.24. The van der Waals surface area contributed by atoms with Gasteiger partial charge >= 0.3 is 5.97 Å². The highest BCUT2D eigenvalue weighted by Gasteiger charge is 2.22. The van der Waals surface area contributed by atoms with E-state index in [4.69, 9.17) is 17.0 Å². The van der Waals surface area contributed by atoms with Gasteiger partial charge in [-0.3, -0.25) is 9.59 Å². The summed E-state index contributed by atoms with van der Waals surface area (Å²) in [6, 6.07) is 8.18. The van der Waals surface area contributed by atoms with Gasteiger partial charge < -0.3 is 15.0 Å². The number of fused-ring (bicyclic) bond motifs is 1. The molecule has 140 valence electrons. The zero-order valence-corrected chi connectivity index (χ0v) is 16.4. The molecule has 1 fully saturated rings. The predicted molar refractivity (Wildman–Crippen MR) is 107 cm³/mol. The third-order valence-electron chi connectivity index (χ3n) is 4.75. The van der Waals surface area contributed by atoms with Crippen molar-refractivity contribution >= 4 is 40.2 Å². The fourth-order valence-electron chi connectivity index (χ4n) is 3.44. The normalized spacial score (nSPS) is 18.9. The number of rotatable bonds is 5. The summed E-state index contributed by atoms with van der Waals surface area (Å²) in [6.45, 7) is 1.69. The Bertz CT molecular complexity index is 675. The molecule has 0 saturated carbocycles. The van der Waals surface area contributed by atoms with Gasteiger partial charge in [-0.2, -0.15) is 0 Å². The number of esters is 1. The van der Waals surface area contributed by atoms with E-state index in [2.05, 4.69) is 22.3 Å². The van der Waals surface area contributed by atoms with Crippen LogP contribution in [0.5, 0.6) is 0 Å². The van der Waals surface area contributed by atoms with Crippen molar-refractivity contribution in [3.05, 3.63) is 35.4 Å². The van der Waals surface area contributed by atoms with Crippen molar-refractivity contribution in [1.29, 1.82) is 0 Å². The zero-order chi connectivity index (χ0) is 18.4.